The van der Waals surface area contributed by atoms with Gasteiger partial charge in [0.1, 0.15) is 5.75 Å². The summed E-state index contributed by atoms with van der Waals surface area (Å²) in [6.45, 7) is 1.08. The van der Waals surface area contributed by atoms with Crippen LogP contribution in [0.2, 0.25) is 0 Å². The van der Waals surface area contributed by atoms with Gasteiger partial charge in [0.05, 0.1) is 7.11 Å². The molecule has 2 aliphatic carbocycles. The Labute approximate surface area is 70.6 Å². The molecule has 2 aliphatic rings. The monoisotopic (exact) mass is 166 g/mol. The number of aliphatic carboxylic acids is 1. The number of hydrogen-bond acceptors (Lipinski definition) is 2. The van der Waals surface area contributed by atoms with E-state index in [0.29, 0.717) is 0 Å². The highest BCUT2D eigenvalue weighted by Crippen LogP contribution is 2.43. The van der Waals surface area contributed by atoms with E-state index in [-0.39, 0.29) is 0 Å². The molecule has 0 fully saturated rings. The van der Waals surface area contributed by atoms with Crippen molar-refractivity contribution in [2.45, 2.75) is 6.92 Å². The van der Waals surface area contributed by atoms with Gasteiger partial charge in [-0.2, -0.15) is 0 Å². The Hall–Kier alpha value is -1.51. The van der Waals surface area contributed by atoms with Crippen molar-refractivity contribution in [1.29, 1.82) is 0 Å². The van der Waals surface area contributed by atoms with Crippen LogP contribution in [-0.4, -0.2) is 18.2 Å². The smallest absolute Gasteiger partial charge is 0.300 e. The summed E-state index contributed by atoms with van der Waals surface area (Å²) < 4.78 is 5.01. The minimum atomic E-state index is -0.833. The maximum absolute atomic E-state index is 9.00. The predicted molar refractivity (Wildman–Crippen MR) is 45.3 cm³/mol. The number of methoxy groups -OCH3 is 1. The van der Waals surface area contributed by atoms with Crippen molar-refractivity contribution in [2.24, 2.45) is 0 Å². The van der Waals surface area contributed by atoms with Crippen LogP contribution in [-0.2, 0) is 4.79 Å². The molecule has 3 nitrogen and oxygen atoms in total. The molecule has 3 heteroatoms. The quantitative estimate of drug-likeness (QED) is 0.702. The predicted octanol–water partition coefficient (Wildman–Crippen LogP) is 1.77. The zero-order chi connectivity index (χ0) is 9.14. The maximum Gasteiger partial charge on any atom is 0.300 e. The van der Waals surface area contributed by atoms with E-state index in [4.69, 9.17) is 14.6 Å². The number of hydrogen-bond donors (Lipinski definition) is 1. The lowest BCUT2D eigenvalue weighted by Gasteiger charge is -1.89. The standard InChI is InChI=1S/C7H6O.C2H4O2/c1-8-7-3-2-5-4-6(5)7;1-2(3)4/h2-4H,1H3;1H3,(H,3,4). The molecule has 0 bridgehead atoms. The van der Waals surface area contributed by atoms with Gasteiger partial charge in [0.25, 0.3) is 5.97 Å². The van der Waals surface area contributed by atoms with Crippen LogP contribution in [0.25, 0.3) is 11.1 Å². The van der Waals surface area contributed by atoms with E-state index in [2.05, 4.69) is 12.1 Å². The molecule has 0 atom stereocenters. The molecule has 2 rings (SSSR count). The van der Waals surface area contributed by atoms with Crippen molar-refractivity contribution in [3.05, 3.63) is 18.2 Å². The summed E-state index contributed by atoms with van der Waals surface area (Å²) in [7, 11) is 1.70. The molecular formula is C9H10O3. The zero-order valence-electron chi connectivity index (χ0n) is 7.00. The second kappa shape index (κ2) is 3.26. The molecule has 1 N–H and O–H groups in total. The van der Waals surface area contributed by atoms with Crippen LogP contribution in [0.15, 0.2) is 18.2 Å². The lowest BCUT2D eigenvalue weighted by molar-refractivity contribution is -0.134. The molecule has 12 heavy (non-hydrogen) atoms. The third kappa shape index (κ3) is 1.99. The molecule has 0 heterocycles. The van der Waals surface area contributed by atoms with Gasteiger partial charge in [-0.1, -0.05) is 6.07 Å². The lowest BCUT2D eigenvalue weighted by Crippen LogP contribution is -1.78. The Kier molecular flexibility index (Phi) is 2.33. The first-order valence-corrected chi connectivity index (χ1v) is 3.53. The second-order valence-corrected chi connectivity index (χ2v) is 2.43. The van der Waals surface area contributed by atoms with Gasteiger partial charge in [-0.05, 0) is 17.7 Å². The highest BCUT2D eigenvalue weighted by molar-refractivity contribution is 5.87. The molecule has 0 saturated carbocycles. The summed E-state index contributed by atoms with van der Waals surface area (Å²) in [5.74, 6) is 0.181. The summed E-state index contributed by atoms with van der Waals surface area (Å²) in [6.07, 6.45) is 0. The fourth-order valence-electron chi connectivity index (χ4n) is 0.904. The van der Waals surface area contributed by atoms with Gasteiger partial charge < -0.3 is 9.84 Å². The fourth-order valence-corrected chi connectivity index (χ4v) is 0.904. The molecule has 0 spiro atoms. The van der Waals surface area contributed by atoms with Gasteiger partial charge >= 0.3 is 0 Å². The van der Waals surface area contributed by atoms with Crippen molar-refractivity contribution in [2.75, 3.05) is 7.11 Å². The maximum atomic E-state index is 9.00. The first-order valence-electron chi connectivity index (χ1n) is 3.53. The average molecular weight is 166 g/mol. The van der Waals surface area contributed by atoms with E-state index in [1.54, 1.807) is 7.11 Å². The molecule has 0 radical (unpaired) electrons. The molecule has 0 saturated heterocycles. The van der Waals surface area contributed by atoms with Gasteiger partial charge in [0, 0.05) is 12.5 Å². The van der Waals surface area contributed by atoms with E-state index in [0.717, 1.165) is 12.7 Å². The number of carboxylic acid groups (broad SMARTS) is 1. The number of carboxylic acids is 1. The zero-order valence-corrected chi connectivity index (χ0v) is 7.00. The van der Waals surface area contributed by atoms with Crippen molar-refractivity contribution >= 4 is 5.97 Å². The normalized spacial score (nSPS) is 9.50. The van der Waals surface area contributed by atoms with Crippen LogP contribution >= 0.6 is 0 Å². The van der Waals surface area contributed by atoms with Gasteiger partial charge in [-0.15, -0.1) is 0 Å². The Balaban J connectivity index is 0.000000157. The summed E-state index contributed by atoms with van der Waals surface area (Å²) >= 11 is 0. The van der Waals surface area contributed by atoms with Crippen molar-refractivity contribution in [1.82, 2.24) is 0 Å². The Morgan fingerprint density at radius 3 is 2.25 bits per heavy atom. The van der Waals surface area contributed by atoms with Crippen molar-refractivity contribution < 1.29 is 14.6 Å². The van der Waals surface area contributed by atoms with Crippen LogP contribution in [0.4, 0.5) is 0 Å². The van der Waals surface area contributed by atoms with E-state index in [9.17, 15) is 0 Å². The van der Waals surface area contributed by atoms with Crippen LogP contribution in [0.1, 0.15) is 6.92 Å². The number of fused-ring (bicyclic) bond motifs is 1. The van der Waals surface area contributed by atoms with E-state index < -0.39 is 5.97 Å². The van der Waals surface area contributed by atoms with Crippen molar-refractivity contribution in [3.8, 4) is 16.9 Å². The number of carbonyl (C=O) groups is 1. The van der Waals surface area contributed by atoms with Crippen LogP contribution in [0.3, 0.4) is 0 Å². The number of rotatable bonds is 1. The Morgan fingerprint density at radius 2 is 2.08 bits per heavy atom. The Bertz CT molecular complexity index is 301. The van der Waals surface area contributed by atoms with E-state index >= 15 is 0 Å². The fraction of sp³-hybridized carbons (Fsp3) is 0.222. The minimum absolute atomic E-state index is 0.833. The highest BCUT2D eigenvalue weighted by atomic mass is 16.5. The SMILES string of the molecule is CC(=O)O.COc1ccc2cc1-2. The largest absolute Gasteiger partial charge is 0.496 e. The van der Waals surface area contributed by atoms with Gasteiger partial charge in [0.15, 0.2) is 0 Å². The molecule has 0 aliphatic heterocycles. The molecule has 64 valence electrons. The Morgan fingerprint density at radius 1 is 1.50 bits per heavy atom. The minimum Gasteiger partial charge on any atom is -0.496 e. The number of benzene rings is 1. The molecule has 0 aromatic heterocycles. The van der Waals surface area contributed by atoms with Crippen molar-refractivity contribution in [3.63, 3.8) is 0 Å². The van der Waals surface area contributed by atoms with Crippen LogP contribution in [0, 0.1) is 0 Å². The number of ether oxygens (including phenoxy) is 1. The third-order valence-electron chi connectivity index (χ3n) is 1.43. The van der Waals surface area contributed by atoms with Gasteiger partial charge in [0.2, 0.25) is 0 Å². The third-order valence-corrected chi connectivity index (χ3v) is 1.43. The van der Waals surface area contributed by atoms with Crippen LogP contribution in [0.5, 0.6) is 5.75 Å². The summed E-state index contributed by atoms with van der Waals surface area (Å²) in [4.78, 5) is 9.00. The first-order chi connectivity index (χ1) is 5.65. The van der Waals surface area contributed by atoms with E-state index in [1.165, 1.54) is 11.1 Å². The molecular weight excluding hydrogens is 156 g/mol. The molecule has 0 unspecified atom stereocenters. The van der Waals surface area contributed by atoms with Gasteiger partial charge in [-0.25, -0.2) is 0 Å². The van der Waals surface area contributed by atoms with Gasteiger partial charge in [-0.3, -0.25) is 4.79 Å². The van der Waals surface area contributed by atoms with Crippen LogP contribution < -0.4 is 4.74 Å². The second-order valence-electron chi connectivity index (χ2n) is 2.43. The molecule has 0 amide bonds. The van der Waals surface area contributed by atoms with E-state index in [1.807, 2.05) is 6.07 Å². The summed E-state index contributed by atoms with van der Waals surface area (Å²) in [5, 5.41) is 7.42. The average Bonchev–Trinajstić information content (AvgIpc) is 2.63. The summed E-state index contributed by atoms with van der Waals surface area (Å²) in [5.41, 5.74) is 2.62. The summed E-state index contributed by atoms with van der Waals surface area (Å²) in [6, 6.07) is 6.16. The molecule has 0 aromatic carbocycles. The molecule has 0 aromatic rings. The highest BCUT2D eigenvalue weighted by Gasteiger charge is 2.16. The first kappa shape index (κ1) is 8.59. The topological polar surface area (TPSA) is 46.5 Å². The lowest BCUT2D eigenvalue weighted by atomic mass is 10.5.